The highest BCUT2D eigenvalue weighted by Crippen LogP contribution is 2.27. The van der Waals surface area contributed by atoms with E-state index in [4.69, 9.17) is 14.0 Å². The van der Waals surface area contributed by atoms with Crippen LogP contribution in [0.1, 0.15) is 21.8 Å². The molecule has 7 nitrogen and oxygen atoms in total. The summed E-state index contributed by atoms with van der Waals surface area (Å²) in [5, 5.41) is 6.51. The normalized spacial score (nSPS) is 10.4. The third-order valence-electron chi connectivity index (χ3n) is 3.84. The highest BCUT2D eigenvalue weighted by molar-refractivity contribution is 7.98. The van der Waals surface area contributed by atoms with Crippen LogP contribution in [0.4, 0.5) is 5.69 Å². The van der Waals surface area contributed by atoms with E-state index in [1.54, 1.807) is 43.5 Å². The molecule has 2 aromatic carbocycles. The number of rotatable bonds is 8. The van der Waals surface area contributed by atoms with Gasteiger partial charge < -0.3 is 19.3 Å². The van der Waals surface area contributed by atoms with E-state index < -0.39 is 18.5 Å². The van der Waals surface area contributed by atoms with Gasteiger partial charge in [0.15, 0.2) is 6.61 Å². The zero-order chi connectivity index (χ0) is 20.6. The van der Waals surface area contributed by atoms with Gasteiger partial charge in [0.25, 0.3) is 5.91 Å². The Kier molecular flexibility index (Phi) is 6.91. The van der Waals surface area contributed by atoms with E-state index in [1.807, 2.05) is 25.1 Å². The first-order valence-electron chi connectivity index (χ1n) is 8.80. The molecule has 0 fully saturated rings. The SMILES string of the molecule is COc1cccc(NC(=O)COC(=O)c2ccccc2SCc2cc(C)no2)c1. The number of hydrogen-bond acceptors (Lipinski definition) is 7. The average Bonchev–Trinajstić information content (AvgIpc) is 3.16. The number of nitrogens with zero attached hydrogens (tertiary/aromatic N) is 1. The first-order chi connectivity index (χ1) is 14.0. The predicted octanol–water partition coefficient (Wildman–Crippen LogP) is 4.08. The van der Waals surface area contributed by atoms with Crippen molar-refractivity contribution in [2.24, 2.45) is 0 Å². The molecule has 150 valence electrons. The van der Waals surface area contributed by atoms with Gasteiger partial charge in [-0.25, -0.2) is 4.79 Å². The van der Waals surface area contributed by atoms with Gasteiger partial charge in [-0.15, -0.1) is 11.8 Å². The highest BCUT2D eigenvalue weighted by Gasteiger charge is 2.15. The van der Waals surface area contributed by atoms with Crippen LogP contribution in [0.25, 0.3) is 0 Å². The van der Waals surface area contributed by atoms with Crippen LogP contribution in [0, 0.1) is 6.92 Å². The van der Waals surface area contributed by atoms with Crippen molar-refractivity contribution in [3.8, 4) is 5.75 Å². The molecule has 0 saturated heterocycles. The molecule has 0 saturated carbocycles. The van der Waals surface area contributed by atoms with Crippen LogP contribution in [0.15, 0.2) is 64.0 Å². The van der Waals surface area contributed by atoms with Gasteiger partial charge in [0.1, 0.15) is 11.5 Å². The zero-order valence-electron chi connectivity index (χ0n) is 16.0. The first kappa shape index (κ1) is 20.5. The summed E-state index contributed by atoms with van der Waals surface area (Å²) in [5.74, 6) is 0.860. The molecule has 1 heterocycles. The molecule has 0 atom stereocenters. The lowest BCUT2D eigenvalue weighted by molar-refractivity contribution is -0.119. The number of aromatic nitrogens is 1. The molecule has 1 N–H and O–H groups in total. The van der Waals surface area contributed by atoms with Crippen LogP contribution in [-0.4, -0.2) is 30.7 Å². The summed E-state index contributed by atoms with van der Waals surface area (Å²) >= 11 is 1.43. The molecule has 1 aromatic heterocycles. The summed E-state index contributed by atoms with van der Waals surface area (Å²) in [6.07, 6.45) is 0. The van der Waals surface area contributed by atoms with Gasteiger partial charge in [-0.3, -0.25) is 4.79 Å². The topological polar surface area (TPSA) is 90.7 Å². The number of amides is 1. The Balaban J connectivity index is 1.56. The van der Waals surface area contributed by atoms with Crippen LogP contribution in [0.2, 0.25) is 0 Å². The lowest BCUT2D eigenvalue weighted by Crippen LogP contribution is -2.21. The van der Waals surface area contributed by atoms with Crippen LogP contribution in [0.5, 0.6) is 5.75 Å². The minimum Gasteiger partial charge on any atom is -0.497 e. The number of ether oxygens (including phenoxy) is 2. The summed E-state index contributed by atoms with van der Waals surface area (Å²) in [5.41, 5.74) is 1.75. The summed E-state index contributed by atoms with van der Waals surface area (Å²) in [6.45, 7) is 1.45. The molecule has 0 aliphatic heterocycles. The van der Waals surface area contributed by atoms with Gasteiger partial charge in [0, 0.05) is 22.7 Å². The molecule has 1 amide bonds. The lowest BCUT2D eigenvalue weighted by atomic mass is 10.2. The van der Waals surface area contributed by atoms with Gasteiger partial charge >= 0.3 is 5.97 Å². The minimum absolute atomic E-state index is 0.392. The fourth-order valence-corrected chi connectivity index (χ4v) is 3.42. The molecule has 3 aromatic rings. The Morgan fingerprint density at radius 2 is 1.97 bits per heavy atom. The number of aryl methyl sites for hydroxylation is 1. The molecule has 0 unspecified atom stereocenters. The second-order valence-electron chi connectivity index (χ2n) is 6.08. The zero-order valence-corrected chi connectivity index (χ0v) is 16.8. The van der Waals surface area contributed by atoms with Crippen molar-refractivity contribution >= 4 is 29.3 Å². The number of thioether (sulfide) groups is 1. The van der Waals surface area contributed by atoms with Gasteiger partial charge in [-0.05, 0) is 31.2 Å². The molecule has 3 rings (SSSR count). The van der Waals surface area contributed by atoms with Crippen molar-refractivity contribution in [1.82, 2.24) is 5.16 Å². The lowest BCUT2D eigenvalue weighted by Gasteiger charge is -2.10. The summed E-state index contributed by atoms with van der Waals surface area (Å²) in [7, 11) is 1.54. The highest BCUT2D eigenvalue weighted by atomic mass is 32.2. The van der Waals surface area contributed by atoms with Crippen molar-refractivity contribution in [3.63, 3.8) is 0 Å². The number of carbonyl (C=O) groups excluding carboxylic acids is 2. The van der Waals surface area contributed by atoms with Crippen LogP contribution >= 0.6 is 11.8 Å². The van der Waals surface area contributed by atoms with E-state index in [1.165, 1.54) is 11.8 Å². The van der Waals surface area contributed by atoms with E-state index in [2.05, 4.69) is 10.5 Å². The maximum atomic E-state index is 12.5. The molecular formula is C21H20N2O5S. The number of anilines is 1. The fraction of sp³-hybridized carbons (Fsp3) is 0.190. The van der Waals surface area contributed by atoms with Crippen LogP contribution in [-0.2, 0) is 15.3 Å². The fourth-order valence-electron chi connectivity index (χ4n) is 2.50. The van der Waals surface area contributed by atoms with Crippen molar-refractivity contribution in [2.75, 3.05) is 19.0 Å². The molecule has 0 bridgehead atoms. The second-order valence-corrected chi connectivity index (χ2v) is 7.09. The van der Waals surface area contributed by atoms with Crippen LogP contribution in [0.3, 0.4) is 0 Å². The molecular weight excluding hydrogens is 392 g/mol. The number of nitrogens with one attached hydrogen (secondary N) is 1. The summed E-state index contributed by atoms with van der Waals surface area (Å²) < 4.78 is 15.5. The minimum atomic E-state index is -0.567. The molecule has 0 spiro atoms. The maximum absolute atomic E-state index is 12.5. The number of carbonyl (C=O) groups is 2. The second kappa shape index (κ2) is 9.79. The van der Waals surface area contributed by atoms with Crippen LogP contribution < -0.4 is 10.1 Å². The van der Waals surface area contributed by atoms with E-state index in [0.29, 0.717) is 28.5 Å². The largest absolute Gasteiger partial charge is 0.497 e. The van der Waals surface area contributed by atoms with E-state index in [9.17, 15) is 9.59 Å². The third kappa shape index (κ3) is 5.86. The van der Waals surface area contributed by atoms with Gasteiger partial charge in [0.05, 0.1) is 24.1 Å². The van der Waals surface area contributed by atoms with Gasteiger partial charge in [-0.1, -0.05) is 23.4 Å². The molecule has 0 aliphatic carbocycles. The quantitative estimate of drug-likeness (QED) is 0.440. The van der Waals surface area contributed by atoms with E-state index in [-0.39, 0.29) is 0 Å². The number of benzene rings is 2. The monoisotopic (exact) mass is 412 g/mol. The Bertz CT molecular complexity index is 1000. The van der Waals surface area contributed by atoms with Gasteiger partial charge in [-0.2, -0.15) is 0 Å². The molecule has 0 radical (unpaired) electrons. The van der Waals surface area contributed by atoms with E-state index >= 15 is 0 Å². The predicted molar refractivity (Wildman–Crippen MR) is 109 cm³/mol. The summed E-state index contributed by atoms with van der Waals surface area (Å²) in [4.78, 5) is 25.3. The van der Waals surface area contributed by atoms with Crippen molar-refractivity contribution < 1.29 is 23.6 Å². The molecule has 29 heavy (non-hydrogen) atoms. The molecule has 0 aliphatic rings. The van der Waals surface area contributed by atoms with E-state index in [0.717, 1.165) is 10.6 Å². The standard InChI is InChI=1S/C21H20N2O5S/c1-14-10-17(28-23-14)13-29-19-9-4-3-8-18(19)21(25)27-12-20(24)22-15-6-5-7-16(11-15)26-2/h3-11H,12-13H2,1-2H3,(H,22,24). The Hall–Kier alpha value is -3.26. The average molecular weight is 412 g/mol. The number of methoxy groups -OCH3 is 1. The van der Waals surface area contributed by atoms with Crippen molar-refractivity contribution in [3.05, 3.63) is 71.6 Å². The number of hydrogen-bond donors (Lipinski definition) is 1. The summed E-state index contributed by atoms with van der Waals surface area (Å²) in [6, 6.07) is 15.8. The number of esters is 1. The smallest absolute Gasteiger partial charge is 0.339 e. The molecule has 8 heteroatoms. The van der Waals surface area contributed by atoms with Crippen molar-refractivity contribution in [2.45, 2.75) is 17.6 Å². The first-order valence-corrected chi connectivity index (χ1v) is 9.79. The van der Waals surface area contributed by atoms with Crippen molar-refractivity contribution in [1.29, 1.82) is 0 Å². The Labute approximate surface area is 172 Å². The Morgan fingerprint density at radius 3 is 2.72 bits per heavy atom. The van der Waals surface area contributed by atoms with Gasteiger partial charge in [0.2, 0.25) is 0 Å². The maximum Gasteiger partial charge on any atom is 0.339 e. The Morgan fingerprint density at radius 1 is 1.14 bits per heavy atom. The third-order valence-corrected chi connectivity index (χ3v) is 4.94.